The summed E-state index contributed by atoms with van der Waals surface area (Å²) in [5.41, 5.74) is 5.31. The first-order chi connectivity index (χ1) is 10.6. The molecular formula is C18H22ClN3O. The van der Waals surface area contributed by atoms with Crippen molar-refractivity contribution in [3.8, 4) is 0 Å². The summed E-state index contributed by atoms with van der Waals surface area (Å²) < 4.78 is 0. The third-order valence-electron chi connectivity index (χ3n) is 3.94. The fourth-order valence-corrected chi connectivity index (χ4v) is 2.74. The second-order valence-electron chi connectivity index (χ2n) is 5.73. The lowest BCUT2D eigenvalue weighted by Crippen LogP contribution is -2.39. The fraction of sp³-hybridized carbons (Fsp3) is 0.278. The summed E-state index contributed by atoms with van der Waals surface area (Å²) in [7, 11) is 0. The number of amides is 1. The number of fused-ring (bicyclic) bond motifs is 1. The number of hydrogen-bond donors (Lipinski definition) is 2. The largest absolute Gasteiger partial charge is 0.382 e. The molecule has 0 aromatic heterocycles. The molecule has 4 nitrogen and oxygen atoms in total. The molecule has 1 amide bonds. The molecule has 0 unspecified atom stereocenters. The van der Waals surface area contributed by atoms with Gasteiger partial charge in [-0.1, -0.05) is 24.3 Å². The Hall–Kier alpha value is -2.20. The number of carbonyl (C=O) groups is 1. The van der Waals surface area contributed by atoms with E-state index in [1.807, 2.05) is 50.2 Å². The van der Waals surface area contributed by atoms with E-state index in [1.54, 1.807) is 0 Å². The third kappa shape index (κ3) is 3.96. The quantitative estimate of drug-likeness (QED) is 0.903. The normalized spacial score (nSPS) is 12.7. The predicted molar refractivity (Wildman–Crippen MR) is 98.9 cm³/mol. The van der Waals surface area contributed by atoms with E-state index in [0.29, 0.717) is 6.54 Å². The number of carbonyl (C=O) groups excluding carboxylic acids is 1. The van der Waals surface area contributed by atoms with Crippen molar-refractivity contribution < 1.29 is 4.79 Å². The minimum Gasteiger partial charge on any atom is -0.382 e. The number of para-hydroxylation sites is 2. The number of rotatable bonds is 3. The van der Waals surface area contributed by atoms with Crippen LogP contribution in [0.5, 0.6) is 0 Å². The molecule has 0 saturated heterocycles. The summed E-state index contributed by atoms with van der Waals surface area (Å²) in [6, 6.07) is 14.2. The van der Waals surface area contributed by atoms with Crippen LogP contribution in [0.2, 0.25) is 0 Å². The molecule has 0 aliphatic carbocycles. The Balaban J connectivity index is 0.00000192. The molecule has 0 spiro atoms. The topological polar surface area (TPSA) is 44.4 Å². The molecule has 5 heteroatoms. The van der Waals surface area contributed by atoms with Crippen molar-refractivity contribution in [3.63, 3.8) is 0 Å². The van der Waals surface area contributed by atoms with Gasteiger partial charge in [-0.05, 0) is 43.2 Å². The van der Waals surface area contributed by atoms with E-state index < -0.39 is 0 Å². The molecule has 2 aromatic rings. The highest BCUT2D eigenvalue weighted by molar-refractivity contribution is 5.95. The minimum atomic E-state index is 0. The van der Waals surface area contributed by atoms with Gasteiger partial charge in [0.2, 0.25) is 5.91 Å². The average molecular weight is 332 g/mol. The molecule has 3 rings (SSSR count). The van der Waals surface area contributed by atoms with Crippen LogP contribution in [-0.4, -0.2) is 25.5 Å². The molecule has 122 valence electrons. The summed E-state index contributed by atoms with van der Waals surface area (Å²) >= 11 is 0. The number of hydrogen-bond acceptors (Lipinski definition) is 3. The van der Waals surface area contributed by atoms with E-state index in [0.717, 1.165) is 41.3 Å². The first-order valence-electron chi connectivity index (χ1n) is 7.58. The summed E-state index contributed by atoms with van der Waals surface area (Å²) in [5.74, 6) is 0.0189. The Kier molecular flexibility index (Phi) is 5.50. The van der Waals surface area contributed by atoms with Crippen molar-refractivity contribution in [1.29, 1.82) is 0 Å². The van der Waals surface area contributed by atoms with E-state index in [1.165, 1.54) is 0 Å². The van der Waals surface area contributed by atoms with Crippen LogP contribution in [0.1, 0.15) is 11.1 Å². The lowest BCUT2D eigenvalue weighted by molar-refractivity contribution is -0.115. The van der Waals surface area contributed by atoms with Crippen LogP contribution in [-0.2, 0) is 4.79 Å². The maximum absolute atomic E-state index is 12.4. The van der Waals surface area contributed by atoms with E-state index in [9.17, 15) is 4.79 Å². The van der Waals surface area contributed by atoms with E-state index in [-0.39, 0.29) is 18.3 Å². The molecule has 1 aliphatic heterocycles. The lowest BCUT2D eigenvalue weighted by Gasteiger charge is -2.31. The standard InChI is InChI=1S/C18H21N3O.ClH/c1-13-7-8-14(2)16(11-13)20-18(22)12-21-10-9-19-15-5-3-4-6-17(15)21;/h3-8,11,19H,9-10,12H2,1-2H3,(H,20,22);1H. The fourth-order valence-electron chi connectivity index (χ4n) is 2.74. The van der Waals surface area contributed by atoms with Crippen LogP contribution in [0.3, 0.4) is 0 Å². The summed E-state index contributed by atoms with van der Waals surface area (Å²) in [6.45, 7) is 6.09. The summed E-state index contributed by atoms with van der Waals surface area (Å²) in [6.07, 6.45) is 0. The van der Waals surface area contributed by atoms with Crippen LogP contribution in [0, 0.1) is 13.8 Å². The molecule has 0 radical (unpaired) electrons. The molecule has 2 aromatic carbocycles. The van der Waals surface area contributed by atoms with Crippen molar-refractivity contribution in [3.05, 3.63) is 53.6 Å². The Bertz CT molecular complexity index is 702. The highest BCUT2D eigenvalue weighted by Gasteiger charge is 2.18. The van der Waals surface area contributed by atoms with Crippen LogP contribution >= 0.6 is 12.4 Å². The monoisotopic (exact) mass is 331 g/mol. The number of aryl methyl sites for hydroxylation is 2. The molecule has 0 fully saturated rings. The van der Waals surface area contributed by atoms with Crippen molar-refractivity contribution in [2.75, 3.05) is 35.2 Å². The van der Waals surface area contributed by atoms with Gasteiger partial charge in [0.05, 0.1) is 17.9 Å². The highest BCUT2D eigenvalue weighted by atomic mass is 35.5. The zero-order valence-electron chi connectivity index (χ0n) is 13.4. The second kappa shape index (κ2) is 7.38. The molecular weight excluding hydrogens is 310 g/mol. The van der Waals surface area contributed by atoms with Crippen molar-refractivity contribution in [1.82, 2.24) is 0 Å². The van der Waals surface area contributed by atoms with E-state index in [4.69, 9.17) is 0 Å². The van der Waals surface area contributed by atoms with Gasteiger partial charge in [-0.15, -0.1) is 12.4 Å². The van der Waals surface area contributed by atoms with Crippen molar-refractivity contribution in [2.45, 2.75) is 13.8 Å². The highest BCUT2D eigenvalue weighted by Crippen LogP contribution is 2.28. The SMILES string of the molecule is Cc1ccc(C)c(NC(=O)CN2CCNc3ccccc32)c1.Cl. The number of anilines is 3. The first kappa shape index (κ1) is 17.2. The molecule has 1 aliphatic rings. The van der Waals surface area contributed by atoms with Crippen LogP contribution < -0.4 is 15.5 Å². The zero-order valence-corrected chi connectivity index (χ0v) is 14.2. The van der Waals surface area contributed by atoms with Crippen LogP contribution in [0.25, 0.3) is 0 Å². The summed E-state index contributed by atoms with van der Waals surface area (Å²) in [5, 5.41) is 6.39. The molecule has 0 saturated carbocycles. The first-order valence-corrected chi connectivity index (χ1v) is 7.58. The maximum atomic E-state index is 12.4. The molecule has 1 heterocycles. The summed E-state index contributed by atoms with van der Waals surface area (Å²) in [4.78, 5) is 14.5. The second-order valence-corrected chi connectivity index (χ2v) is 5.73. The smallest absolute Gasteiger partial charge is 0.243 e. The van der Waals surface area contributed by atoms with Gasteiger partial charge in [0.15, 0.2) is 0 Å². The van der Waals surface area contributed by atoms with Gasteiger partial charge in [0, 0.05) is 18.8 Å². The Morgan fingerprint density at radius 1 is 1.22 bits per heavy atom. The van der Waals surface area contributed by atoms with Gasteiger partial charge in [0.1, 0.15) is 0 Å². The van der Waals surface area contributed by atoms with Gasteiger partial charge in [-0.3, -0.25) is 4.79 Å². The lowest BCUT2D eigenvalue weighted by atomic mass is 10.1. The average Bonchev–Trinajstić information content (AvgIpc) is 2.51. The zero-order chi connectivity index (χ0) is 15.5. The van der Waals surface area contributed by atoms with Crippen LogP contribution in [0.4, 0.5) is 17.1 Å². The molecule has 0 atom stereocenters. The Morgan fingerprint density at radius 2 is 2.00 bits per heavy atom. The minimum absolute atomic E-state index is 0. The number of nitrogens with one attached hydrogen (secondary N) is 2. The Labute approximate surface area is 143 Å². The third-order valence-corrected chi connectivity index (χ3v) is 3.94. The number of halogens is 1. The number of benzene rings is 2. The molecule has 0 bridgehead atoms. The number of nitrogens with zero attached hydrogens (tertiary/aromatic N) is 1. The van der Waals surface area contributed by atoms with Gasteiger partial charge in [0.25, 0.3) is 0 Å². The predicted octanol–water partition coefficient (Wildman–Crippen LogP) is 3.60. The van der Waals surface area contributed by atoms with E-state index >= 15 is 0 Å². The molecule has 23 heavy (non-hydrogen) atoms. The van der Waals surface area contributed by atoms with Gasteiger partial charge < -0.3 is 15.5 Å². The Morgan fingerprint density at radius 3 is 2.83 bits per heavy atom. The van der Waals surface area contributed by atoms with E-state index in [2.05, 4.69) is 21.6 Å². The maximum Gasteiger partial charge on any atom is 0.243 e. The van der Waals surface area contributed by atoms with Crippen LogP contribution in [0.15, 0.2) is 42.5 Å². The molecule has 2 N–H and O–H groups in total. The van der Waals surface area contributed by atoms with Crippen molar-refractivity contribution >= 4 is 35.4 Å². The van der Waals surface area contributed by atoms with Crippen molar-refractivity contribution in [2.24, 2.45) is 0 Å². The van der Waals surface area contributed by atoms with Gasteiger partial charge in [-0.2, -0.15) is 0 Å². The van der Waals surface area contributed by atoms with Gasteiger partial charge >= 0.3 is 0 Å². The van der Waals surface area contributed by atoms with Gasteiger partial charge in [-0.25, -0.2) is 0 Å².